The van der Waals surface area contributed by atoms with Crippen LogP contribution in [0.4, 0.5) is 0 Å². The predicted octanol–water partition coefficient (Wildman–Crippen LogP) is 7.54. The molecule has 0 spiro atoms. The molecular weight excluding hydrogens is 522 g/mol. The lowest BCUT2D eigenvalue weighted by atomic mass is 10.0. The van der Waals surface area contributed by atoms with Gasteiger partial charge in [0.2, 0.25) is 0 Å². The zero-order valence-electron chi connectivity index (χ0n) is 23.3. The summed E-state index contributed by atoms with van der Waals surface area (Å²) in [6.45, 7) is 0.566. The van der Waals surface area contributed by atoms with E-state index in [1.165, 1.54) is 0 Å². The van der Waals surface area contributed by atoms with Gasteiger partial charge in [0.15, 0.2) is 17.5 Å². The van der Waals surface area contributed by atoms with Crippen molar-refractivity contribution in [2.75, 3.05) is 20.3 Å². The number of nitrogens with zero attached hydrogens (tertiary/aromatic N) is 3. The van der Waals surface area contributed by atoms with Crippen LogP contribution in [-0.4, -0.2) is 45.5 Å². The molecule has 0 amide bonds. The number of ether oxygens (including phenoxy) is 1. The molecule has 0 atom stereocenters. The van der Waals surface area contributed by atoms with Crippen molar-refractivity contribution in [3.63, 3.8) is 0 Å². The highest BCUT2D eigenvalue weighted by molar-refractivity contribution is 5.73. The van der Waals surface area contributed by atoms with Crippen molar-refractivity contribution in [3.05, 3.63) is 133 Å². The summed E-state index contributed by atoms with van der Waals surface area (Å²) < 4.78 is 4.44. The quantitative estimate of drug-likeness (QED) is 0.212. The number of benzene rings is 5. The monoisotopic (exact) mass is 553 g/mol. The first-order valence-electron chi connectivity index (χ1n) is 13.6. The van der Waals surface area contributed by atoms with Crippen LogP contribution in [-0.2, 0) is 4.74 Å². The Hall–Kier alpha value is -5.17. The van der Waals surface area contributed by atoms with Crippen molar-refractivity contribution in [2.24, 2.45) is 0 Å². The van der Waals surface area contributed by atoms with Gasteiger partial charge in [0.25, 0.3) is 0 Å². The minimum atomic E-state index is 0.122. The number of aromatic nitrogens is 3. The van der Waals surface area contributed by atoms with Crippen LogP contribution < -0.4 is 0 Å². The van der Waals surface area contributed by atoms with Crippen molar-refractivity contribution in [1.29, 1.82) is 0 Å². The number of aliphatic hydroxyl groups excluding tert-OH is 1. The van der Waals surface area contributed by atoms with Crippen molar-refractivity contribution in [3.8, 4) is 62.2 Å². The van der Waals surface area contributed by atoms with E-state index in [4.69, 9.17) is 20.1 Å². The molecule has 1 aromatic heterocycles. The fraction of sp³-hybridized carbons (Fsp3) is 0.0833. The molecule has 0 saturated carbocycles. The molecule has 0 aliphatic rings. The molecule has 1 heterocycles. The Morgan fingerprint density at radius 3 is 1.26 bits per heavy atom. The Morgan fingerprint density at radius 1 is 0.476 bits per heavy atom. The van der Waals surface area contributed by atoms with E-state index < -0.39 is 0 Å². The van der Waals surface area contributed by atoms with Gasteiger partial charge in [-0.1, -0.05) is 121 Å². The van der Waals surface area contributed by atoms with Crippen LogP contribution in [0.15, 0.2) is 133 Å². The molecule has 6 aromatic rings. The molecule has 6 nitrogen and oxygen atoms in total. The first kappa shape index (κ1) is 28.4. The van der Waals surface area contributed by atoms with Gasteiger partial charge in [-0.15, -0.1) is 0 Å². The van der Waals surface area contributed by atoms with E-state index in [0.717, 1.165) is 33.4 Å². The number of methoxy groups -OCH3 is 1. The summed E-state index contributed by atoms with van der Waals surface area (Å²) >= 11 is 0. The van der Waals surface area contributed by atoms with Gasteiger partial charge >= 0.3 is 0 Å². The van der Waals surface area contributed by atoms with E-state index in [2.05, 4.69) is 53.3 Å². The van der Waals surface area contributed by atoms with Gasteiger partial charge in [-0.3, -0.25) is 0 Å². The Labute approximate surface area is 245 Å². The largest absolute Gasteiger partial charge is 0.507 e. The van der Waals surface area contributed by atoms with Gasteiger partial charge in [0, 0.05) is 18.2 Å². The summed E-state index contributed by atoms with van der Waals surface area (Å²) in [6, 6.07) is 44.0. The van der Waals surface area contributed by atoms with Crippen LogP contribution in [0.2, 0.25) is 0 Å². The van der Waals surface area contributed by atoms with Gasteiger partial charge in [0.1, 0.15) is 5.75 Å². The van der Waals surface area contributed by atoms with Crippen molar-refractivity contribution in [1.82, 2.24) is 15.0 Å². The van der Waals surface area contributed by atoms with Crippen LogP contribution in [0.5, 0.6) is 5.75 Å². The van der Waals surface area contributed by atoms with Gasteiger partial charge in [-0.05, 0) is 34.4 Å². The second-order valence-corrected chi connectivity index (χ2v) is 9.43. The third-order valence-corrected chi connectivity index (χ3v) is 6.58. The Balaban J connectivity index is 0.000000652. The second kappa shape index (κ2) is 13.9. The molecular formula is C36H31N3O3. The first-order valence-corrected chi connectivity index (χ1v) is 13.6. The minimum absolute atomic E-state index is 0.122. The zero-order chi connectivity index (χ0) is 29.1. The number of aliphatic hydroxyl groups is 1. The van der Waals surface area contributed by atoms with E-state index in [9.17, 15) is 5.11 Å². The molecule has 208 valence electrons. The molecule has 0 fully saturated rings. The van der Waals surface area contributed by atoms with Crippen LogP contribution in [0.3, 0.4) is 0 Å². The smallest absolute Gasteiger partial charge is 0.167 e. The average molecular weight is 554 g/mol. The molecule has 0 aliphatic heterocycles. The highest BCUT2D eigenvalue weighted by Gasteiger charge is 2.14. The highest BCUT2D eigenvalue weighted by atomic mass is 16.5. The summed E-state index contributed by atoms with van der Waals surface area (Å²) in [5.74, 6) is 1.66. The third-order valence-electron chi connectivity index (χ3n) is 6.58. The van der Waals surface area contributed by atoms with Gasteiger partial charge in [0.05, 0.1) is 18.8 Å². The van der Waals surface area contributed by atoms with Crippen molar-refractivity contribution < 1.29 is 14.9 Å². The Morgan fingerprint density at radius 2 is 0.857 bits per heavy atom. The predicted molar refractivity (Wildman–Crippen MR) is 168 cm³/mol. The molecule has 6 heteroatoms. The van der Waals surface area contributed by atoms with E-state index in [-0.39, 0.29) is 12.4 Å². The zero-order valence-corrected chi connectivity index (χ0v) is 23.3. The maximum absolute atomic E-state index is 10.5. The lowest BCUT2D eigenvalue weighted by molar-refractivity contribution is 0.135. The van der Waals surface area contributed by atoms with Crippen molar-refractivity contribution in [2.45, 2.75) is 0 Å². The van der Waals surface area contributed by atoms with E-state index >= 15 is 0 Å². The maximum atomic E-state index is 10.5. The molecule has 0 aliphatic carbocycles. The van der Waals surface area contributed by atoms with Gasteiger partial charge < -0.3 is 14.9 Å². The molecule has 0 saturated heterocycles. The topological polar surface area (TPSA) is 88.4 Å². The molecule has 42 heavy (non-hydrogen) atoms. The molecule has 0 unspecified atom stereocenters. The molecule has 0 bridgehead atoms. The maximum Gasteiger partial charge on any atom is 0.167 e. The summed E-state index contributed by atoms with van der Waals surface area (Å²) in [7, 11) is 1.55. The summed E-state index contributed by atoms with van der Waals surface area (Å²) in [4.78, 5) is 14.3. The number of hydrogen-bond acceptors (Lipinski definition) is 6. The number of rotatable bonds is 7. The molecule has 5 aromatic carbocycles. The van der Waals surface area contributed by atoms with Crippen LogP contribution >= 0.6 is 0 Å². The fourth-order valence-corrected chi connectivity index (χ4v) is 4.39. The molecule has 6 rings (SSSR count). The van der Waals surface area contributed by atoms with Crippen molar-refractivity contribution >= 4 is 0 Å². The lowest BCUT2D eigenvalue weighted by Crippen LogP contribution is -2.00. The number of para-hydroxylation sites is 1. The molecule has 0 radical (unpaired) electrons. The standard InChI is InChI=1S/C33H23N3O.C3H8O2/c37-30-14-8-7-13-29(30)33-35-31(27-19-15-25(16-20-27)23-9-3-1-4-10-23)34-32(36-33)28-21-17-26(18-22-28)24-11-5-2-6-12-24;1-5-3-2-4/h1-22,37H;4H,2-3H2,1H3. The number of phenolic OH excluding ortho intramolecular Hbond substituents is 1. The van der Waals surface area contributed by atoms with E-state index in [0.29, 0.717) is 29.6 Å². The average Bonchev–Trinajstić information content (AvgIpc) is 3.06. The number of aromatic hydroxyl groups is 1. The van der Waals surface area contributed by atoms with Gasteiger partial charge in [-0.25, -0.2) is 15.0 Å². The van der Waals surface area contributed by atoms with Crippen LogP contribution in [0, 0.1) is 0 Å². The van der Waals surface area contributed by atoms with Crippen LogP contribution in [0.25, 0.3) is 56.4 Å². The summed E-state index contributed by atoms with van der Waals surface area (Å²) in [5.41, 5.74) is 6.86. The minimum Gasteiger partial charge on any atom is -0.507 e. The molecule has 2 N–H and O–H groups in total. The summed E-state index contributed by atoms with van der Waals surface area (Å²) in [5, 5.41) is 18.5. The SMILES string of the molecule is COCCO.Oc1ccccc1-c1nc(-c2ccc(-c3ccccc3)cc2)nc(-c2ccc(-c3ccccc3)cc2)n1. The fourth-order valence-electron chi connectivity index (χ4n) is 4.39. The second-order valence-electron chi connectivity index (χ2n) is 9.43. The Bertz CT molecular complexity index is 1600. The summed E-state index contributed by atoms with van der Waals surface area (Å²) in [6.07, 6.45) is 0. The highest BCUT2D eigenvalue weighted by Crippen LogP contribution is 2.31. The number of phenols is 1. The normalized spacial score (nSPS) is 10.5. The lowest BCUT2D eigenvalue weighted by Gasteiger charge is -2.10. The van der Waals surface area contributed by atoms with Crippen LogP contribution in [0.1, 0.15) is 0 Å². The number of hydrogen-bond donors (Lipinski definition) is 2. The van der Waals surface area contributed by atoms with Gasteiger partial charge in [-0.2, -0.15) is 0 Å². The first-order chi connectivity index (χ1) is 20.7. The van der Waals surface area contributed by atoms with E-state index in [1.807, 2.05) is 72.8 Å². The third kappa shape index (κ3) is 6.93. The van der Waals surface area contributed by atoms with E-state index in [1.54, 1.807) is 19.2 Å². The Kier molecular flexibility index (Phi) is 9.42.